The highest BCUT2D eigenvalue weighted by Gasteiger charge is 2.16. The fourth-order valence-corrected chi connectivity index (χ4v) is 3.53. The van der Waals surface area contributed by atoms with Gasteiger partial charge in [-0.15, -0.1) is 0 Å². The van der Waals surface area contributed by atoms with E-state index in [1.807, 2.05) is 0 Å². The maximum absolute atomic E-state index is 2.56. The Kier molecular flexibility index (Phi) is 3.47. The van der Waals surface area contributed by atoms with Gasteiger partial charge in [0.2, 0.25) is 0 Å². The minimum atomic E-state index is 1.02. The molecule has 0 aromatic heterocycles. The molecule has 2 heterocycles. The Hall–Kier alpha value is -2.06. The molecule has 0 atom stereocenters. The third-order valence-corrected chi connectivity index (χ3v) is 4.75. The predicted molar refractivity (Wildman–Crippen MR) is 91.2 cm³/mol. The SMILES string of the molecule is CN1C=Cc2ccc(CN3CCc4ccccc4C3)cc2C1. The molecule has 0 saturated heterocycles. The van der Waals surface area contributed by atoms with Crippen molar-refractivity contribution in [3.8, 4) is 0 Å². The van der Waals surface area contributed by atoms with E-state index >= 15 is 0 Å². The minimum absolute atomic E-state index is 1.02. The molecule has 0 bridgehead atoms. The van der Waals surface area contributed by atoms with Gasteiger partial charge in [0.1, 0.15) is 0 Å². The van der Waals surface area contributed by atoms with Crippen LogP contribution in [0.15, 0.2) is 48.7 Å². The summed E-state index contributed by atoms with van der Waals surface area (Å²) in [5.74, 6) is 0. The molecular weight excluding hydrogens is 268 g/mol. The first-order chi connectivity index (χ1) is 10.8. The number of benzene rings is 2. The summed E-state index contributed by atoms with van der Waals surface area (Å²) in [4.78, 5) is 4.80. The Bertz CT molecular complexity index is 717. The van der Waals surface area contributed by atoms with Crippen molar-refractivity contribution in [3.63, 3.8) is 0 Å². The zero-order valence-electron chi connectivity index (χ0n) is 13.1. The Morgan fingerprint density at radius 2 is 1.82 bits per heavy atom. The normalized spacial score (nSPS) is 17.2. The van der Waals surface area contributed by atoms with Gasteiger partial charge in [0.15, 0.2) is 0 Å². The predicted octanol–water partition coefficient (Wildman–Crippen LogP) is 3.66. The molecule has 22 heavy (non-hydrogen) atoms. The second-order valence-corrected chi connectivity index (χ2v) is 6.49. The van der Waals surface area contributed by atoms with Gasteiger partial charge in [-0.3, -0.25) is 4.90 Å². The molecule has 4 rings (SSSR count). The second kappa shape index (κ2) is 5.62. The molecule has 2 nitrogen and oxygen atoms in total. The minimum Gasteiger partial charge on any atom is -0.376 e. The van der Waals surface area contributed by atoms with Crippen LogP contribution in [0.5, 0.6) is 0 Å². The molecule has 0 N–H and O–H groups in total. The maximum atomic E-state index is 2.56. The van der Waals surface area contributed by atoms with Crippen molar-refractivity contribution in [3.05, 3.63) is 76.5 Å². The molecule has 2 aromatic rings. The average molecular weight is 290 g/mol. The van der Waals surface area contributed by atoms with Crippen molar-refractivity contribution < 1.29 is 0 Å². The monoisotopic (exact) mass is 290 g/mol. The van der Waals surface area contributed by atoms with Gasteiger partial charge < -0.3 is 4.90 Å². The van der Waals surface area contributed by atoms with Crippen molar-refractivity contribution in [1.82, 2.24) is 9.80 Å². The lowest BCUT2D eigenvalue weighted by Crippen LogP contribution is -2.30. The average Bonchev–Trinajstić information content (AvgIpc) is 2.54. The molecule has 0 aliphatic carbocycles. The lowest BCUT2D eigenvalue weighted by Gasteiger charge is -2.29. The lowest BCUT2D eigenvalue weighted by molar-refractivity contribution is 0.245. The standard InChI is InChI=1S/C20H22N2/c1-21-10-8-18-7-6-16(12-20(18)14-21)13-22-11-9-17-4-2-3-5-19(17)15-22/h2-8,10,12H,9,11,13-15H2,1H3. The number of fused-ring (bicyclic) bond motifs is 2. The molecule has 2 aliphatic rings. The van der Waals surface area contributed by atoms with Gasteiger partial charge in [0, 0.05) is 33.2 Å². The Morgan fingerprint density at radius 3 is 2.73 bits per heavy atom. The summed E-state index contributed by atoms with van der Waals surface area (Å²) in [6.45, 7) is 4.30. The summed E-state index contributed by atoms with van der Waals surface area (Å²) in [5, 5.41) is 0. The number of nitrogens with zero attached hydrogens (tertiary/aromatic N) is 2. The molecular formula is C20H22N2. The van der Waals surface area contributed by atoms with E-state index in [1.54, 1.807) is 0 Å². The Balaban J connectivity index is 1.51. The van der Waals surface area contributed by atoms with Crippen LogP contribution in [-0.2, 0) is 26.1 Å². The molecule has 2 heteroatoms. The van der Waals surface area contributed by atoms with E-state index in [4.69, 9.17) is 0 Å². The molecule has 0 amide bonds. The van der Waals surface area contributed by atoms with E-state index < -0.39 is 0 Å². The van der Waals surface area contributed by atoms with E-state index in [0.29, 0.717) is 0 Å². The van der Waals surface area contributed by atoms with Gasteiger partial charge in [0.25, 0.3) is 0 Å². The van der Waals surface area contributed by atoms with Crippen LogP contribution in [0, 0.1) is 0 Å². The highest BCUT2D eigenvalue weighted by molar-refractivity contribution is 5.56. The van der Waals surface area contributed by atoms with Crippen molar-refractivity contribution in [1.29, 1.82) is 0 Å². The fourth-order valence-electron chi connectivity index (χ4n) is 3.53. The lowest BCUT2D eigenvalue weighted by atomic mass is 9.98. The molecule has 112 valence electrons. The zero-order valence-corrected chi connectivity index (χ0v) is 13.1. The van der Waals surface area contributed by atoms with Crippen LogP contribution in [0.2, 0.25) is 0 Å². The van der Waals surface area contributed by atoms with Crippen LogP contribution in [0.1, 0.15) is 27.8 Å². The summed E-state index contributed by atoms with van der Waals surface area (Å²) in [5.41, 5.74) is 7.26. The van der Waals surface area contributed by atoms with Crippen molar-refractivity contribution >= 4 is 6.08 Å². The Labute approximate surface area is 132 Å². The van der Waals surface area contributed by atoms with Gasteiger partial charge in [-0.25, -0.2) is 0 Å². The quantitative estimate of drug-likeness (QED) is 0.833. The summed E-state index contributed by atoms with van der Waals surface area (Å²) < 4.78 is 0. The van der Waals surface area contributed by atoms with Crippen LogP contribution >= 0.6 is 0 Å². The van der Waals surface area contributed by atoms with Crippen LogP contribution in [0.25, 0.3) is 6.08 Å². The van der Waals surface area contributed by atoms with Crippen LogP contribution in [-0.4, -0.2) is 23.4 Å². The third-order valence-electron chi connectivity index (χ3n) is 4.75. The van der Waals surface area contributed by atoms with Crippen LogP contribution in [0.4, 0.5) is 0 Å². The smallest absolute Gasteiger partial charge is 0.0426 e. The number of rotatable bonds is 2. The van der Waals surface area contributed by atoms with E-state index in [9.17, 15) is 0 Å². The summed E-state index contributed by atoms with van der Waals surface area (Å²) in [7, 11) is 2.13. The van der Waals surface area contributed by atoms with Gasteiger partial charge in [0.05, 0.1) is 0 Å². The van der Waals surface area contributed by atoms with E-state index in [0.717, 1.165) is 26.2 Å². The molecule has 2 aliphatic heterocycles. The van der Waals surface area contributed by atoms with Crippen molar-refractivity contribution in [2.24, 2.45) is 0 Å². The van der Waals surface area contributed by atoms with Crippen molar-refractivity contribution in [2.45, 2.75) is 26.1 Å². The summed E-state index contributed by atoms with van der Waals surface area (Å²) in [6.07, 6.45) is 5.54. The topological polar surface area (TPSA) is 6.48 Å². The van der Waals surface area contributed by atoms with Crippen LogP contribution < -0.4 is 0 Å². The molecule has 0 unspecified atom stereocenters. The fraction of sp³-hybridized carbons (Fsp3) is 0.300. The van der Waals surface area contributed by atoms with Crippen molar-refractivity contribution in [2.75, 3.05) is 13.6 Å². The number of hydrogen-bond donors (Lipinski definition) is 0. The highest BCUT2D eigenvalue weighted by Crippen LogP contribution is 2.23. The zero-order chi connectivity index (χ0) is 14.9. The van der Waals surface area contributed by atoms with Gasteiger partial charge in [-0.1, -0.05) is 42.5 Å². The molecule has 2 aromatic carbocycles. The Morgan fingerprint density at radius 1 is 0.955 bits per heavy atom. The first kappa shape index (κ1) is 13.6. The maximum Gasteiger partial charge on any atom is 0.0426 e. The van der Waals surface area contributed by atoms with E-state index in [2.05, 4.69) is 71.6 Å². The molecule has 0 fully saturated rings. The third kappa shape index (κ3) is 2.67. The highest BCUT2D eigenvalue weighted by atomic mass is 15.1. The molecule has 0 saturated carbocycles. The van der Waals surface area contributed by atoms with E-state index in [-0.39, 0.29) is 0 Å². The summed E-state index contributed by atoms with van der Waals surface area (Å²) in [6, 6.07) is 15.8. The second-order valence-electron chi connectivity index (χ2n) is 6.49. The van der Waals surface area contributed by atoms with Crippen LogP contribution in [0.3, 0.4) is 0 Å². The largest absolute Gasteiger partial charge is 0.376 e. The van der Waals surface area contributed by atoms with Gasteiger partial charge >= 0.3 is 0 Å². The first-order valence-electron chi connectivity index (χ1n) is 8.07. The molecule has 0 spiro atoms. The molecule has 0 radical (unpaired) electrons. The first-order valence-corrected chi connectivity index (χ1v) is 8.07. The van der Waals surface area contributed by atoms with E-state index in [1.165, 1.54) is 34.2 Å². The number of hydrogen-bond acceptors (Lipinski definition) is 2. The van der Waals surface area contributed by atoms with Gasteiger partial charge in [-0.05, 0) is 46.5 Å². The van der Waals surface area contributed by atoms with Gasteiger partial charge in [-0.2, -0.15) is 0 Å². The summed E-state index contributed by atoms with van der Waals surface area (Å²) >= 11 is 0.